The molecule has 2 N–H and O–H groups in total. The van der Waals surface area contributed by atoms with Gasteiger partial charge in [0.15, 0.2) is 0 Å². The third kappa shape index (κ3) is 6.58. The zero-order valence-electron chi connectivity index (χ0n) is 8.20. The van der Waals surface area contributed by atoms with Gasteiger partial charge in [0.05, 0.1) is 6.10 Å². The Morgan fingerprint density at radius 1 is 1.46 bits per heavy atom. The fourth-order valence-corrected chi connectivity index (χ4v) is 1.24. The zero-order valence-corrected chi connectivity index (χ0v) is 8.20. The molecule has 0 heterocycles. The molecule has 0 spiro atoms. The van der Waals surface area contributed by atoms with Gasteiger partial charge in [0, 0.05) is 6.42 Å². The molecule has 2 unspecified atom stereocenters. The van der Waals surface area contributed by atoms with Crippen molar-refractivity contribution in [2.75, 3.05) is 0 Å². The van der Waals surface area contributed by atoms with E-state index < -0.39 is 5.97 Å². The molecule has 0 fully saturated rings. The summed E-state index contributed by atoms with van der Waals surface area (Å²) in [5.74, 6) is -0.809. The number of carboxylic acid groups (broad SMARTS) is 1. The van der Waals surface area contributed by atoms with E-state index in [9.17, 15) is 9.90 Å². The predicted octanol–water partition coefficient (Wildman–Crippen LogP) is 1.85. The lowest BCUT2D eigenvalue weighted by Crippen LogP contribution is -2.17. The number of carbonyl (C=O) groups is 1. The van der Waals surface area contributed by atoms with Gasteiger partial charge >= 0.3 is 5.97 Å². The van der Waals surface area contributed by atoms with E-state index in [4.69, 9.17) is 5.11 Å². The lowest BCUT2D eigenvalue weighted by atomic mass is 9.95. The highest BCUT2D eigenvalue weighted by atomic mass is 16.4. The first-order valence-corrected chi connectivity index (χ1v) is 4.80. The fraction of sp³-hybridized carbons (Fsp3) is 0.800. The van der Waals surface area contributed by atoms with Crippen LogP contribution in [0.2, 0.25) is 0 Å². The van der Waals surface area contributed by atoms with Crippen molar-refractivity contribution in [3.05, 3.63) is 6.92 Å². The molecule has 3 nitrogen and oxygen atoms in total. The van der Waals surface area contributed by atoms with Crippen LogP contribution in [0.1, 0.15) is 39.0 Å². The Labute approximate surface area is 79.8 Å². The monoisotopic (exact) mass is 187 g/mol. The van der Waals surface area contributed by atoms with Crippen molar-refractivity contribution in [1.82, 2.24) is 0 Å². The van der Waals surface area contributed by atoms with Gasteiger partial charge in [-0.2, -0.15) is 0 Å². The van der Waals surface area contributed by atoms with E-state index in [1.807, 2.05) is 6.92 Å². The number of rotatable bonds is 7. The van der Waals surface area contributed by atoms with Crippen LogP contribution < -0.4 is 0 Å². The van der Waals surface area contributed by atoms with E-state index in [0.717, 1.165) is 12.8 Å². The van der Waals surface area contributed by atoms with Gasteiger partial charge < -0.3 is 10.2 Å². The van der Waals surface area contributed by atoms with Crippen molar-refractivity contribution in [2.24, 2.45) is 5.92 Å². The Bertz CT molecular complexity index is 145. The Balaban J connectivity index is 3.49. The molecule has 3 heteroatoms. The Hall–Kier alpha value is -0.570. The summed E-state index contributed by atoms with van der Waals surface area (Å²) in [6.07, 6.45) is 2.77. The van der Waals surface area contributed by atoms with Gasteiger partial charge in [-0.1, -0.05) is 13.3 Å². The summed E-state index contributed by atoms with van der Waals surface area (Å²) in [6, 6.07) is 0. The maximum absolute atomic E-state index is 10.2. The van der Waals surface area contributed by atoms with Crippen molar-refractivity contribution in [3.63, 3.8) is 0 Å². The molecule has 1 radical (unpaired) electrons. The first kappa shape index (κ1) is 12.4. The quantitative estimate of drug-likeness (QED) is 0.639. The van der Waals surface area contributed by atoms with E-state index in [2.05, 4.69) is 6.92 Å². The minimum Gasteiger partial charge on any atom is -0.481 e. The van der Waals surface area contributed by atoms with Crippen molar-refractivity contribution in [1.29, 1.82) is 0 Å². The molecule has 0 aliphatic carbocycles. The number of aliphatic carboxylic acids is 1. The van der Waals surface area contributed by atoms with E-state index in [1.54, 1.807) is 0 Å². The molecular weight excluding hydrogens is 168 g/mol. The molecule has 77 valence electrons. The first-order valence-electron chi connectivity index (χ1n) is 4.80. The Kier molecular flexibility index (Phi) is 6.59. The Morgan fingerprint density at radius 3 is 2.54 bits per heavy atom. The number of carboxylic acids is 1. The average Bonchev–Trinajstić information content (AvgIpc) is 2.04. The minimum absolute atomic E-state index is 0.0284. The zero-order chi connectivity index (χ0) is 10.3. The largest absolute Gasteiger partial charge is 0.481 e. The fourth-order valence-electron chi connectivity index (χ4n) is 1.24. The van der Waals surface area contributed by atoms with Gasteiger partial charge in [-0.05, 0) is 32.1 Å². The highest BCUT2D eigenvalue weighted by Gasteiger charge is 2.13. The normalized spacial score (nSPS) is 15.3. The van der Waals surface area contributed by atoms with Gasteiger partial charge in [0.2, 0.25) is 0 Å². The van der Waals surface area contributed by atoms with Crippen LogP contribution in [0.5, 0.6) is 0 Å². The van der Waals surface area contributed by atoms with Crippen LogP contribution in [0, 0.1) is 12.8 Å². The SMILES string of the molecule is [CH2]C(CCCC(=O)O)C(O)CCC. The van der Waals surface area contributed by atoms with Crippen LogP contribution >= 0.6 is 0 Å². The van der Waals surface area contributed by atoms with E-state index in [1.165, 1.54) is 0 Å². The van der Waals surface area contributed by atoms with E-state index >= 15 is 0 Å². The molecule has 0 bridgehead atoms. The summed E-state index contributed by atoms with van der Waals surface area (Å²) >= 11 is 0. The van der Waals surface area contributed by atoms with Crippen molar-refractivity contribution in [3.8, 4) is 0 Å². The van der Waals surface area contributed by atoms with Crippen molar-refractivity contribution in [2.45, 2.75) is 45.1 Å². The molecule has 0 aromatic carbocycles. The smallest absolute Gasteiger partial charge is 0.303 e. The van der Waals surface area contributed by atoms with E-state index in [0.29, 0.717) is 12.8 Å². The predicted molar refractivity (Wildman–Crippen MR) is 51.2 cm³/mol. The minimum atomic E-state index is -0.780. The highest BCUT2D eigenvalue weighted by Crippen LogP contribution is 2.15. The molecule has 0 rings (SSSR count). The summed E-state index contributed by atoms with van der Waals surface area (Å²) in [4.78, 5) is 10.2. The van der Waals surface area contributed by atoms with Crippen LogP contribution in [-0.4, -0.2) is 22.3 Å². The molecule has 0 aliphatic rings. The topological polar surface area (TPSA) is 57.5 Å². The van der Waals surface area contributed by atoms with Crippen molar-refractivity contribution >= 4 is 5.97 Å². The molecule has 0 aromatic rings. The average molecular weight is 187 g/mol. The molecular formula is C10H19O3. The van der Waals surface area contributed by atoms with Crippen LogP contribution in [0.25, 0.3) is 0 Å². The molecule has 0 amide bonds. The first-order chi connectivity index (χ1) is 6.07. The number of aliphatic hydroxyl groups is 1. The van der Waals surface area contributed by atoms with Crippen LogP contribution in [0.15, 0.2) is 0 Å². The lowest BCUT2D eigenvalue weighted by Gasteiger charge is -2.17. The van der Waals surface area contributed by atoms with Gasteiger partial charge in [0.1, 0.15) is 0 Å². The molecule has 0 aromatic heterocycles. The van der Waals surface area contributed by atoms with Gasteiger partial charge in [0.25, 0.3) is 0 Å². The Morgan fingerprint density at radius 2 is 2.08 bits per heavy atom. The molecule has 0 aliphatic heterocycles. The highest BCUT2D eigenvalue weighted by molar-refractivity contribution is 5.66. The maximum atomic E-state index is 10.2. The van der Waals surface area contributed by atoms with Gasteiger partial charge in [-0.25, -0.2) is 0 Å². The molecule has 13 heavy (non-hydrogen) atoms. The second kappa shape index (κ2) is 6.89. The molecule has 0 saturated heterocycles. The van der Waals surface area contributed by atoms with Crippen LogP contribution in [0.3, 0.4) is 0 Å². The third-order valence-corrected chi connectivity index (χ3v) is 2.09. The summed E-state index contributed by atoms with van der Waals surface area (Å²) in [7, 11) is 0. The standard InChI is InChI=1S/C10H19O3/c1-3-5-9(11)8(2)6-4-7-10(12)13/h8-9,11H,2-7H2,1H3,(H,12,13). The molecule has 2 atom stereocenters. The second-order valence-electron chi connectivity index (χ2n) is 3.40. The number of hydrogen-bond donors (Lipinski definition) is 2. The summed E-state index contributed by atoms with van der Waals surface area (Å²) < 4.78 is 0. The van der Waals surface area contributed by atoms with Gasteiger partial charge in [-0.15, -0.1) is 0 Å². The number of hydrogen-bond acceptors (Lipinski definition) is 2. The summed E-state index contributed by atoms with van der Waals surface area (Å²) in [5.41, 5.74) is 0. The second-order valence-corrected chi connectivity index (χ2v) is 3.40. The third-order valence-electron chi connectivity index (χ3n) is 2.09. The van der Waals surface area contributed by atoms with Gasteiger partial charge in [-0.3, -0.25) is 4.79 Å². The number of aliphatic hydroxyl groups excluding tert-OH is 1. The lowest BCUT2D eigenvalue weighted by molar-refractivity contribution is -0.137. The van der Waals surface area contributed by atoms with Crippen LogP contribution in [-0.2, 0) is 4.79 Å². The summed E-state index contributed by atoms with van der Waals surface area (Å²) in [5, 5.41) is 17.9. The van der Waals surface area contributed by atoms with Crippen LogP contribution in [0.4, 0.5) is 0 Å². The maximum Gasteiger partial charge on any atom is 0.303 e. The summed E-state index contributed by atoms with van der Waals surface area (Å²) in [6.45, 7) is 5.82. The molecule has 0 saturated carbocycles. The van der Waals surface area contributed by atoms with E-state index in [-0.39, 0.29) is 18.4 Å². The van der Waals surface area contributed by atoms with Crippen molar-refractivity contribution < 1.29 is 15.0 Å².